The Morgan fingerprint density at radius 2 is 1.76 bits per heavy atom. The van der Waals surface area contributed by atoms with Gasteiger partial charge in [0, 0.05) is 67.8 Å². The number of aromatic nitrogens is 1. The highest BCUT2D eigenvalue weighted by atomic mass is 35.5. The minimum Gasteiger partial charge on any atom is -0.497 e. The molecule has 0 spiro atoms. The number of nitrogens with zero attached hydrogens (tertiary/aromatic N) is 3. The first-order valence-corrected chi connectivity index (χ1v) is 19.6. The first-order valence-electron chi connectivity index (χ1n) is 17.8. The SMILES string of the molecule is COc1ccc(-c2c(C3CCCCC3)c3ccc(C(=O)NS(=O)(=O)N(C)C)cc3n2CC2(C(=O)N3CCNC(c4cccc(Cl)c4)C3)CC2)cc1. The summed E-state index contributed by atoms with van der Waals surface area (Å²) in [6.07, 6.45) is 7.13. The van der Waals surface area contributed by atoms with Crippen LogP contribution in [0.4, 0.5) is 0 Å². The number of carbonyl (C=O) groups is 2. The number of carbonyl (C=O) groups excluding carboxylic acids is 2. The molecule has 2 saturated carbocycles. The normalized spacial score (nSPS) is 19.3. The number of benzene rings is 3. The molecular formula is C39H46ClN5O5S. The number of hydrogen-bond acceptors (Lipinski definition) is 6. The number of nitrogens with one attached hydrogen (secondary N) is 2. The second kappa shape index (κ2) is 14.3. The summed E-state index contributed by atoms with van der Waals surface area (Å²) in [6, 6.07) is 21.3. The average Bonchev–Trinajstić information content (AvgIpc) is 3.86. The highest BCUT2D eigenvalue weighted by Crippen LogP contribution is 2.52. The smallest absolute Gasteiger partial charge is 0.303 e. The zero-order valence-electron chi connectivity index (χ0n) is 29.5. The first-order chi connectivity index (χ1) is 24.5. The van der Waals surface area contributed by atoms with Gasteiger partial charge in [0.2, 0.25) is 5.91 Å². The Labute approximate surface area is 305 Å². The number of amides is 2. The van der Waals surface area contributed by atoms with Crippen LogP contribution < -0.4 is 14.8 Å². The largest absolute Gasteiger partial charge is 0.497 e. The van der Waals surface area contributed by atoms with Gasteiger partial charge in [0.05, 0.1) is 18.2 Å². The van der Waals surface area contributed by atoms with Gasteiger partial charge in [-0.2, -0.15) is 12.7 Å². The molecule has 1 unspecified atom stereocenters. The fraction of sp³-hybridized carbons (Fsp3) is 0.436. The molecule has 12 heteroatoms. The van der Waals surface area contributed by atoms with E-state index in [4.69, 9.17) is 16.3 Å². The lowest BCUT2D eigenvalue weighted by molar-refractivity contribution is -0.138. The van der Waals surface area contributed by atoms with Gasteiger partial charge in [-0.3, -0.25) is 9.59 Å². The van der Waals surface area contributed by atoms with Crippen LogP contribution in [-0.2, 0) is 21.5 Å². The van der Waals surface area contributed by atoms with E-state index in [0.29, 0.717) is 37.1 Å². The van der Waals surface area contributed by atoms with Crippen LogP contribution in [0.15, 0.2) is 66.7 Å². The van der Waals surface area contributed by atoms with Gasteiger partial charge in [0.15, 0.2) is 0 Å². The highest BCUT2D eigenvalue weighted by Gasteiger charge is 2.53. The Morgan fingerprint density at radius 3 is 2.43 bits per heavy atom. The molecule has 0 radical (unpaired) electrons. The zero-order valence-corrected chi connectivity index (χ0v) is 31.0. The quantitative estimate of drug-likeness (QED) is 0.193. The molecule has 2 heterocycles. The monoisotopic (exact) mass is 731 g/mol. The summed E-state index contributed by atoms with van der Waals surface area (Å²) < 4.78 is 36.2. The summed E-state index contributed by atoms with van der Waals surface area (Å²) in [5.74, 6) is 0.506. The Kier molecular flexibility index (Phi) is 9.92. The van der Waals surface area contributed by atoms with Gasteiger partial charge in [0.1, 0.15) is 5.75 Å². The average molecular weight is 732 g/mol. The molecule has 2 aliphatic carbocycles. The van der Waals surface area contributed by atoms with Crippen LogP contribution in [0.25, 0.3) is 22.2 Å². The molecular weight excluding hydrogens is 686 g/mol. The predicted octanol–water partition coefficient (Wildman–Crippen LogP) is 6.51. The van der Waals surface area contributed by atoms with Crippen LogP contribution in [0, 0.1) is 5.41 Å². The van der Waals surface area contributed by atoms with E-state index in [0.717, 1.165) is 76.3 Å². The van der Waals surface area contributed by atoms with Crippen molar-refractivity contribution in [3.8, 4) is 17.0 Å². The standard InChI is InChI=1S/C39H46ClN5O5S/c1-43(2)51(48,49)42-37(46)29-14-17-32-34(23-29)45(36(27-12-15-31(50-3)16-13-27)35(32)26-8-5-4-6-9-26)25-39(18-19-39)38(47)44-21-20-41-33(24-44)28-10-7-11-30(40)22-28/h7,10-17,22-23,26,33,41H,4-6,8-9,18-21,24-25H2,1-3H3,(H,42,46). The van der Waals surface area contributed by atoms with Crippen LogP contribution in [-0.4, -0.2) is 74.8 Å². The molecule has 51 heavy (non-hydrogen) atoms. The van der Waals surface area contributed by atoms with E-state index in [1.807, 2.05) is 47.4 Å². The lowest BCUT2D eigenvalue weighted by Crippen LogP contribution is -2.51. The Hall–Kier alpha value is -3.90. The highest BCUT2D eigenvalue weighted by molar-refractivity contribution is 7.87. The van der Waals surface area contributed by atoms with Crippen molar-refractivity contribution in [2.45, 2.75) is 63.5 Å². The van der Waals surface area contributed by atoms with Gasteiger partial charge in [-0.05, 0) is 96.8 Å². The first kappa shape index (κ1) is 35.5. The van der Waals surface area contributed by atoms with Crippen molar-refractivity contribution in [2.24, 2.45) is 5.41 Å². The molecule has 7 rings (SSSR count). The summed E-state index contributed by atoms with van der Waals surface area (Å²) in [5, 5.41) is 5.26. The van der Waals surface area contributed by atoms with E-state index in [9.17, 15) is 18.0 Å². The van der Waals surface area contributed by atoms with E-state index >= 15 is 0 Å². The number of rotatable bonds is 10. The third-order valence-electron chi connectivity index (χ3n) is 10.9. The maximum Gasteiger partial charge on any atom is 0.303 e. The second-order valence-electron chi connectivity index (χ2n) is 14.5. The van der Waals surface area contributed by atoms with Crippen molar-refractivity contribution in [3.63, 3.8) is 0 Å². The van der Waals surface area contributed by atoms with Gasteiger partial charge < -0.3 is 19.5 Å². The van der Waals surface area contributed by atoms with Gasteiger partial charge in [-0.15, -0.1) is 0 Å². The Morgan fingerprint density at radius 1 is 1.02 bits per heavy atom. The van der Waals surface area contributed by atoms with Crippen molar-refractivity contribution in [3.05, 3.63) is 88.4 Å². The van der Waals surface area contributed by atoms with Crippen LogP contribution in [0.1, 0.15) is 78.4 Å². The van der Waals surface area contributed by atoms with Gasteiger partial charge in [0.25, 0.3) is 5.91 Å². The van der Waals surface area contributed by atoms with Crippen LogP contribution >= 0.6 is 11.6 Å². The molecule has 1 atom stereocenters. The van der Waals surface area contributed by atoms with Crippen LogP contribution in [0.2, 0.25) is 5.02 Å². The predicted molar refractivity (Wildman–Crippen MR) is 200 cm³/mol. The van der Waals surface area contributed by atoms with Crippen molar-refractivity contribution in [1.29, 1.82) is 0 Å². The minimum absolute atomic E-state index is 0.0168. The van der Waals surface area contributed by atoms with Crippen molar-refractivity contribution >= 4 is 44.5 Å². The number of halogens is 1. The number of methoxy groups -OCH3 is 1. The molecule has 3 aliphatic rings. The van der Waals surface area contributed by atoms with Crippen molar-refractivity contribution < 1.29 is 22.7 Å². The van der Waals surface area contributed by atoms with Gasteiger partial charge in [-0.25, -0.2) is 4.72 Å². The molecule has 4 aromatic rings. The van der Waals surface area contributed by atoms with Crippen molar-refractivity contribution in [1.82, 2.24) is 23.8 Å². The molecule has 270 valence electrons. The number of hydrogen-bond donors (Lipinski definition) is 2. The third-order valence-corrected chi connectivity index (χ3v) is 12.6. The zero-order chi connectivity index (χ0) is 35.9. The van der Waals surface area contributed by atoms with Crippen molar-refractivity contribution in [2.75, 3.05) is 40.8 Å². The molecule has 2 amide bonds. The Balaban J connectivity index is 1.33. The lowest BCUT2D eigenvalue weighted by atomic mass is 9.81. The van der Waals surface area contributed by atoms with Crippen LogP contribution in [0.5, 0.6) is 5.75 Å². The Bertz CT molecular complexity index is 2050. The fourth-order valence-corrected chi connectivity index (χ4v) is 8.66. The second-order valence-corrected chi connectivity index (χ2v) is 16.8. The van der Waals surface area contributed by atoms with E-state index in [1.54, 1.807) is 19.2 Å². The molecule has 3 aromatic carbocycles. The number of piperazine rings is 1. The molecule has 1 aromatic heterocycles. The lowest BCUT2D eigenvalue weighted by Gasteiger charge is -2.36. The topological polar surface area (TPSA) is 113 Å². The molecule has 10 nitrogen and oxygen atoms in total. The minimum atomic E-state index is -4.00. The number of fused-ring (bicyclic) bond motifs is 1. The summed E-state index contributed by atoms with van der Waals surface area (Å²) in [7, 11) is 0.412. The summed E-state index contributed by atoms with van der Waals surface area (Å²) in [4.78, 5) is 30.0. The van der Waals surface area contributed by atoms with E-state index in [1.165, 1.54) is 26.1 Å². The molecule has 1 saturated heterocycles. The fourth-order valence-electron chi connectivity index (χ4n) is 7.92. The van der Waals surface area contributed by atoms with Gasteiger partial charge >= 0.3 is 10.2 Å². The maximum atomic E-state index is 14.6. The summed E-state index contributed by atoms with van der Waals surface area (Å²) in [6.45, 7) is 2.30. The van der Waals surface area contributed by atoms with Crippen LogP contribution in [0.3, 0.4) is 0 Å². The molecule has 3 fully saturated rings. The third kappa shape index (κ3) is 7.13. The summed E-state index contributed by atoms with van der Waals surface area (Å²) >= 11 is 6.32. The van der Waals surface area contributed by atoms with Gasteiger partial charge in [-0.1, -0.05) is 49.1 Å². The molecule has 2 N–H and O–H groups in total. The van der Waals surface area contributed by atoms with E-state index < -0.39 is 21.5 Å². The van der Waals surface area contributed by atoms with E-state index in [2.05, 4.69) is 26.7 Å². The molecule has 0 bridgehead atoms. The maximum absolute atomic E-state index is 14.6. The molecule has 1 aliphatic heterocycles. The summed E-state index contributed by atoms with van der Waals surface area (Å²) in [5.41, 5.74) is 4.82. The number of ether oxygens (including phenoxy) is 1. The van der Waals surface area contributed by atoms with E-state index in [-0.39, 0.29) is 17.5 Å².